The van der Waals surface area contributed by atoms with Crippen LogP contribution in [0.3, 0.4) is 0 Å². The van der Waals surface area contributed by atoms with Crippen LogP contribution in [0.15, 0.2) is 48.5 Å². The van der Waals surface area contributed by atoms with Gasteiger partial charge in [0.2, 0.25) is 5.91 Å². The number of halogens is 3. The number of alkyl halides is 3. The minimum atomic E-state index is -4.41. The van der Waals surface area contributed by atoms with Crippen LogP contribution in [0.25, 0.3) is 11.1 Å². The van der Waals surface area contributed by atoms with Gasteiger partial charge in [0.15, 0.2) is 0 Å². The molecule has 23 heavy (non-hydrogen) atoms. The highest BCUT2D eigenvalue weighted by Crippen LogP contribution is 2.50. The number of benzene rings is 2. The first kappa shape index (κ1) is 15.6. The largest absolute Gasteiger partial charge is 0.390 e. The molecule has 0 bridgehead atoms. The van der Waals surface area contributed by atoms with E-state index in [1.807, 2.05) is 36.4 Å². The molecule has 1 heterocycles. The van der Waals surface area contributed by atoms with Crippen LogP contribution in [-0.2, 0) is 10.2 Å². The van der Waals surface area contributed by atoms with Crippen molar-refractivity contribution in [1.29, 1.82) is 0 Å². The van der Waals surface area contributed by atoms with Crippen LogP contribution in [-0.4, -0.2) is 19.1 Å². The number of hydrogen-bond acceptors (Lipinski definition) is 1. The van der Waals surface area contributed by atoms with E-state index in [0.717, 1.165) is 11.1 Å². The van der Waals surface area contributed by atoms with Gasteiger partial charge >= 0.3 is 6.18 Å². The summed E-state index contributed by atoms with van der Waals surface area (Å²) in [6.07, 6.45) is -5.57. The number of rotatable bonds is 2. The summed E-state index contributed by atoms with van der Waals surface area (Å²) in [7, 11) is 1.54. The quantitative estimate of drug-likeness (QED) is 0.796. The summed E-state index contributed by atoms with van der Waals surface area (Å²) in [5.41, 5.74) is 1.07. The lowest BCUT2D eigenvalue weighted by Crippen LogP contribution is -2.39. The number of anilines is 1. The van der Waals surface area contributed by atoms with E-state index in [-0.39, 0.29) is 0 Å². The van der Waals surface area contributed by atoms with Gasteiger partial charge in [-0.2, -0.15) is 13.2 Å². The Balaban J connectivity index is 2.20. The van der Waals surface area contributed by atoms with E-state index in [4.69, 9.17) is 0 Å². The summed E-state index contributed by atoms with van der Waals surface area (Å²) in [6, 6.07) is 14.5. The summed E-state index contributed by atoms with van der Waals surface area (Å²) in [5.74, 6) is -0.520. The third-order valence-corrected chi connectivity index (χ3v) is 4.38. The third-order valence-electron chi connectivity index (χ3n) is 4.38. The maximum absolute atomic E-state index is 13.0. The first-order valence-corrected chi connectivity index (χ1v) is 7.28. The van der Waals surface area contributed by atoms with Gasteiger partial charge in [-0.15, -0.1) is 0 Å². The van der Waals surface area contributed by atoms with Crippen molar-refractivity contribution < 1.29 is 18.0 Å². The standard InChI is InChI=1S/C18H16F3NO/c1-17(11-18(19,20)21)14-10-6-9-13(12-7-4-3-5-8-12)15(14)22(2)16(17)23/h3-10H,11H2,1-2H3. The van der Waals surface area contributed by atoms with Crippen molar-refractivity contribution in [1.82, 2.24) is 0 Å². The fraction of sp³-hybridized carbons (Fsp3) is 0.278. The van der Waals surface area contributed by atoms with Crippen LogP contribution in [0, 0.1) is 0 Å². The molecule has 0 aliphatic carbocycles. The predicted molar refractivity (Wildman–Crippen MR) is 83.3 cm³/mol. The summed E-state index contributed by atoms with van der Waals surface area (Å²) in [6.45, 7) is 1.37. The normalized spacial score (nSPS) is 20.7. The van der Waals surface area contributed by atoms with Crippen molar-refractivity contribution >= 4 is 11.6 Å². The smallest absolute Gasteiger partial charge is 0.314 e. The number of nitrogens with zero attached hydrogens (tertiary/aromatic N) is 1. The molecule has 120 valence electrons. The lowest BCUT2D eigenvalue weighted by Gasteiger charge is -2.24. The molecule has 1 aliphatic heterocycles. The van der Waals surface area contributed by atoms with Crippen LogP contribution < -0.4 is 4.90 Å². The van der Waals surface area contributed by atoms with Gasteiger partial charge in [0.1, 0.15) is 0 Å². The zero-order valence-electron chi connectivity index (χ0n) is 12.8. The van der Waals surface area contributed by atoms with Gasteiger partial charge in [-0.25, -0.2) is 0 Å². The number of likely N-dealkylation sites (N-methyl/N-ethyl adjacent to an activating group) is 1. The van der Waals surface area contributed by atoms with Gasteiger partial charge in [-0.3, -0.25) is 4.79 Å². The van der Waals surface area contributed by atoms with Gasteiger partial charge < -0.3 is 4.90 Å². The van der Waals surface area contributed by atoms with Crippen LogP contribution in [0.4, 0.5) is 18.9 Å². The van der Waals surface area contributed by atoms with E-state index in [1.54, 1.807) is 12.1 Å². The SMILES string of the molecule is CN1C(=O)C(C)(CC(F)(F)F)c2cccc(-c3ccccc3)c21. The van der Waals surface area contributed by atoms with Gasteiger partial charge in [0.05, 0.1) is 17.5 Å². The maximum atomic E-state index is 13.0. The second-order valence-electron chi connectivity index (χ2n) is 6.06. The Morgan fingerprint density at radius 2 is 1.70 bits per heavy atom. The van der Waals surface area contributed by atoms with Crippen molar-refractivity contribution in [3.05, 3.63) is 54.1 Å². The van der Waals surface area contributed by atoms with E-state index in [0.29, 0.717) is 11.3 Å². The van der Waals surface area contributed by atoms with Gasteiger partial charge in [-0.1, -0.05) is 48.5 Å². The molecule has 0 radical (unpaired) electrons. The van der Waals surface area contributed by atoms with Gasteiger partial charge in [-0.05, 0) is 18.1 Å². The number of para-hydroxylation sites is 1. The minimum Gasteiger partial charge on any atom is -0.314 e. The van der Waals surface area contributed by atoms with E-state index in [9.17, 15) is 18.0 Å². The number of carbonyl (C=O) groups excluding carboxylic acids is 1. The number of hydrogen-bond donors (Lipinski definition) is 0. The van der Waals surface area contributed by atoms with E-state index in [1.165, 1.54) is 18.9 Å². The molecule has 1 atom stereocenters. The fourth-order valence-electron chi connectivity index (χ4n) is 3.36. The van der Waals surface area contributed by atoms with Crippen LogP contribution in [0.1, 0.15) is 18.9 Å². The molecule has 0 fully saturated rings. The average Bonchev–Trinajstić information content (AvgIpc) is 2.68. The Morgan fingerprint density at radius 3 is 2.30 bits per heavy atom. The third kappa shape index (κ3) is 2.50. The fourth-order valence-corrected chi connectivity index (χ4v) is 3.36. The molecule has 2 nitrogen and oxygen atoms in total. The van der Waals surface area contributed by atoms with E-state index < -0.39 is 23.9 Å². The van der Waals surface area contributed by atoms with Crippen molar-refractivity contribution in [3.8, 4) is 11.1 Å². The molecule has 0 saturated carbocycles. The first-order chi connectivity index (χ1) is 10.7. The van der Waals surface area contributed by atoms with Crippen LogP contribution >= 0.6 is 0 Å². The second-order valence-corrected chi connectivity index (χ2v) is 6.06. The van der Waals surface area contributed by atoms with Gasteiger partial charge in [0.25, 0.3) is 0 Å². The van der Waals surface area contributed by atoms with Gasteiger partial charge in [0, 0.05) is 12.6 Å². The molecular formula is C18H16F3NO. The molecule has 0 N–H and O–H groups in total. The lowest BCUT2D eigenvalue weighted by atomic mass is 9.79. The zero-order chi connectivity index (χ0) is 16.8. The summed E-state index contributed by atoms with van der Waals surface area (Å²) >= 11 is 0. The van der Waals surface area contributed by atoms with E-state index >= 15 is 0 Å². The molecule has 5 heteroatoms. The topological polar surface area (TPSA) is 20.3 Å². The number of carbonyl (C=O) groups is 1. The molecule has 0 saturated heterocycles. The Kier molecular flexibility index (Phi) is 3.47. The maximum Gasteiger partial charge on any atom is 0.390 e. The molecule has 1 amide bonds. The zero-order valence-corrected chi connectivity index (χ0v) is 12.8. The predicted octanol–water partition coefficient (Wildman–Crippen LogP) is 4.54. The molecule has 2 aromatic rings. The summed E-state index contributed by atoms with van der Waals surface area (Å²) < 4.78 is 39.0. The molecule has 1 aliphatic rings. The van der Waals surface area contributed by atoms with Crippen molar-refractivity contribution in [2.45, 2.75) is 24.9 Å². The van der Waals surface area contributed by atoms with E-state index in [2.05, 4.69) is 0 Å². The lowest BCUT2D eigenvalue weighted by molar-refractivity contribution is -0.154. The monoisotopic (exact) mass is 319 g/mol. The molecule has 0 aromatic heterocycles. The molecule has 1 unspecified atom stereocenters. The Bertz CT molecular complexity index is 755. The Hall–Kier alpha value is -2.30. The molecule has 2 aromatic carbocycles. The average molecular weight is 319 g/mol. The van der Waals surface area contributed by atoms with Crippen molar-refractivity contribution in [3.63, 3.8) is 0 Å². The van der Waals surface area contributed by atoms with Crippen molar-refractivity contribution in [2.75, 3.05) is 11.9 Å². The minimum absolute atomic E-state index is 0.434. The highest BCUT2D eigenvalue weighted by atomic mass is 19.4. The number of fused-ring (bicyclic) bond motifs is 1. The highest BCUT2D eigenvalue weighted by molar-refractivity contribution is 6.10. The van der Waals surface area contributed by atoms with Crippen molar-refractivity contribution in [2.24, 2.45) is 0 Å². The Labute approximate surface area is 132 Å². The molecular weight excluding hydrogens is 303 g/mol. The highest BCUT2D eigenvalue weighted by Gasteiger charge is 2.52. The second kappa shape index (κ2) is 5.11. The number of amides is 1. The van der Waals surface area contributed by atoms with Crippen LogP contribution in [0.2, 0.25) is 0 Å². The molecule has 3 rings (SSSR count). The summed E-state index contributed by atoms with van der Waals surface area (Å²) in [4.78, 5) is 13.9. The summed E-state index contributed by atoms with van der Waals surface area (Å²) in [5, 5.41) is 0. The molecule has 0 spiro atoms. The van der Waals surface area contributed by atoms with Crippen LogP contribution in [0.5, 0.6) is 0 Å². The Morgan fingerprint density at radius 1 is 1.04 bits per heavy atom. The first-order valence-electron chi connectivity index (χ1n) is 7.28.